The Bertz CT molecular complexity index is 1530. The molecule has 3 aromatic carbocycles. The Balaban J connectivity index is 1.08. The fourth-order valence-corrected chi connectivity index (χ4v) is 7.81. The zero-order chi connectivity index (χ0) is 31.0. The monoisotopic (exact) mass is 610 g/mol. The summed E-state index contributed by atoms with van der Waals surface area (Å²) in [6.07, 6.45) is 1.71. The van der Waals surface area contributed by atoms with E-state index in [0.29, 0.717) is 44.7 Å². The van der Waals surface area contributed by atoms with Crippen molar-refractivity contribution in [1.29, 1.82) is 0 Å². The Morgan fingerprint density at radius 1 is 0.822 bits per heavy atom. The molecule has 3 aromatic rings. The molecule has 7 rings (SSSR count). The van der Waals surface area contributed by atoms with Crippen molar-refractivity contribution in [3.8, 4) is 0 Å². The second kappa shape index (κ2) is 12.9. The van der Waals surface area contributed by atoms with Crippen LogP contribution in [0.15, 0.2) is 66.7 Å². The highest BCUT2D eigenvalue weighted by atomic mass is 16.5. The molecule has 0 radical (unpaired) electrons. The molecule has 0 bridgehead atoms. The van der Waals surface area contributed by atoms with E-state index in [9.17, 15) is 15.0 Å². The third-order valence-corrected chi connectivity index (χ3v) is 10.2. The van der Waals surface area contributed by atoms with E-state index < -0.39 is 17.7 Å². The van der Waals surface area contributed by atoms with Gasteiger partial charge in [-0.25, -0.2) is 0 Å². The highest BCUT2D eigenvalue weighted by molar-refractivity contribution is 5.98. The van der Waals surface area contributed by atoms with Crippen LogP contribution in [-0.4, -0.2) is 101 Å². The van der Waals surface area contributed by atoms with Gasteiger partial charge < -0.3 is 25.2 Å². The predicted octanol–water partition coefficient (Wildman–Crippen LogP) is 3.48. The third kappa shape index (κ3) is 6.67. The quantitative estimate of drug-likeness (QED) is 0.324. The van der Waals surface area contributed by atoms with Gasteiger partial charge in [-0.3, -0.25) is 14.6 Å². The van der Waals surface area contributed by atoms with Gasteiger partial charge in [0.15, 0.2) is 0 Å². The van der Waals surface area contributed by atoms with Crippen LogP contribution in [0.2, 0.25) is 0 Å². The molecule has 4 aliphatic rings. The van der Waals surface area contributed by atoms with Gasteiger partial charge >= 0.3 is 0 Å². The molecular formula is C37H46N4O4. The minimum Gasteiger partial charge on any atom is -0.392 e. The number of benzene rings is 3. The lowest BCUT2D eigenvalue weighted by Gasteiger charge is -2.48. The number of hydrogen-bond donors (Lipinski definition) is 3. The zero-order valence-electron chi connectivity index (χ0n) is 26.3. The number of nitrogens with zero attached hydrogens (tertiary/aromatic N) is 3. The van der Waals surface area contributed by atoms with E-state index in [-0.39, 0.29) is 18.5 Å². The summed E-state index contributed by atoms with van der Waals surface area (Å²) in [6, 6.07) is 23.4. The van der Waals surface area contributed by atoms with Crippen LogP contribution in [0, 0.1) is 0 Å². The molecule has 0 spiro atoms. The van der Waals surface area contributed by atoms with Crippen LogP contribution in [0.25, 0.3) is 0 Å². The van der Waals surface area contributed by atoms with E-state index >= 15 is 0 Å². The van der Waals surface area contributed by atoms with Gasteiger partial charge in [0.2, 0.25) is 0 Å². The van der Waals surface area contributed by atoms with E-state index in [0.717, 1.165) is 50.3 Å². The summed E-state index contributed by atoms with van der Waals surface area (Å²) in [5.74, 6) is -0.0746. The summed E-state index contributed by atoms with van der Waals surface area (Å²) in [5.41, 5.74) is 7.36. The molecule has 8 nitrogen and oxygen atoms in total. The first-order valence-electron chi connectivity index (χ1n) is 16.6. The van der Waals surface area contributed by atoms with E-state index in [2.05, 4.69) is 76.6 Å². The summed E-state index contributed by atoms with van der Waals surface area (Å²) < 4.78 is 5.32. The van der Waals surface area contributed by atoms with Gasteiger partial charge in [-0.2, -0.15) is 0 Å². The van der Waals surface area contributed by atoms with E-state index in [1.807, 2.05) is 17.0 Å². The number of nitrogens with one attached hydrogen (secondary N) is 1. The molecule has 1 amide bonds. The van der Waals surface area contributed by atoms with Crippen molar-refractivity contribution in [1.82, 2.24) is 14.7 Å². The van der Waals surface area contributed by atoms with Gasteiger partial charge in [-0.05, 0) is 72.6 Å². The number of anilines is 1. The van der Waals surface area contributed by atoms with Crippen LogP contribution in [0.1, 0.15) is 51.5 Å². The molecule has 8 heteroatoms. The summed E-state index contributed by atoms with van der Waals surface area (Å²) in [4.78, 5) is 20.8. The lowest BCUT2D eigenvalue weighted by atomic mass is 9.79. The lowest BCUT2D eigenvalue weighted by Crippen LogP contribution is -2.59. The maximum Gasteiger partial charge on any atom is 0.254 e. The number of carbonyl (C=O) groups is 1. The summed E-state index contributed by atoms with van der Waals surface area (Å²) in [6.45, 7) is 8.14. The topological polar surface area (TPSA) is 88.5 Å². The first-order chi connectivity index (χ1) is 21.8. The predicted molar refractivity (Wildman–Crippen MR) is 175 cm³/mol. The molecule has 3 unspecified atom stereocenters. The van der Waals surface area contributed by atoms with Crippen LogP contribution in [-0.2, 0) is 37.1 Å². The maximum atomic E-state index is 14.3. The van der Waals surface area contributed by atoms with Crippen LogP contribution in [0.4, 0.5) is 5.69 Å². The van der Waals surface area contributed by atoms with Crippen molar-refractivity contribution in [2.45, 2.75) is 69.5 Å². The number of fused-ring (bicyclic) bond motifs is 3. The number of rotatable bonds is 10. The minimum absolute atomic E-state index is 0.0746. The van der Waals surface area contributed by atoms with Crippen LogP contribution < -0.4 is 5.32 Å². The van der Waals surface area contributed by atoms with E-state index in [4.69, 9.17) is 4.74 Å². The summed E-state index contributed by atoms with van der Waals surface area (Å²) in [5, 5.41) is 26.5. The first kappa shape index (κ1) is 30.4. The van der Waals surface area contributed by atoms with E-state index in [1.165, 1.54) is 22.3 Å². The van der Waals surface area contributed by atoms with Crippen molar-refractivity contribution in [2.24, 2.45) is 0 Å². The average molecular weight is 611 g/mol. The number of carbonyl (C=O) groups excluding carboxylic acids is 1. The summed E-state index contributed by atoms with van der Waals surface area (Å²) >= 11 is 0. The molecule has 0 aliphatic carbocycles. The van der Waals surface area contributed by atoms with Crippen molar-refractivity contribution < 1.29 is 19.7 Å². The Labute approximate surface area is 266 Å². The van der Waals surface area contributed by atoms with E-state index in [1.54, 1.807) is 0 Å². The lowest BCUT2D eigenvalue weighted by molar-refractivity contribution is -0.00697. The average Bonchev–Trinajstić information content (AvgIpc) is 3.01. The maximum absolute atomic E-state index is 14.3. The van der Waals surface area contributed by atoms with Gasteiger partial charge in [0.05, 0.1) is 31.5 Å². The van der Waals surface area contributed by atoms with Crippen LogP contribution >= 0.6 is 0 Å². The van der Waals surface area contributed by atoms with Gasteiger partial charge in [-0.1, -0.05) is 54.6 Å². The van der Waals surface area contributed by atoms with Gasteiger partial charge in [0, 0.05) is 62.6 Å². The third-order valence-electron chi connectivity index (χ3n) is 10.2. The molecule has 3 N–H and O–H groups in total. The summed E-state index contributed by atoms with van der Waals surface area (Å²) in [7, 11) is 0. The molecule has 3 atom stereocenters. The second-order valence-corrected chi connectivity index (χ2v) is 13.9. The van der Waals surface area contributed by atoms with Gasteiger partial charge in [0.25, 0.3) is 5.91 Å². The zero-order valence-corrected chi connectivity index (χ0v) is 26.3. The highest BCUT2D eigenvalue weighted by Gasteiger charge is 2.44. The van der Waals surface area contributed by atoms with Crippen LogP contribution in [0.5, 0.6) is 0 Å². The molecule has 0 aromatic heterocycles. The number of β-amino-alcohol motifs (C(OH)–C–C–N with tert-alkyl or cyclic N) is 2. The number of aliphatic hydroxyl groups is 2. The van der Waals surface area contributed by atoms with Crippen molar-refractivity contribution in [3.05, 3.63) is 100 Å². The van der Waals surface area contributed by atoms with Crippen LogP contribution in [0.3, 0.4) is 0 Å². The number of amides is 1. The number of ether oxygens (including phenoxy) is 1. The molecule has 0 saturated carbocycles. The molecular weight excluding hydrogens is 564 g/mol. The Morgan fingerprint density at radius 2 is 1.42 bits per heavy atom. The number of hydrogen-bond acceptors (Lipinski definition) is 7. The Morgan fingerprint density at radius 3 is 2.02 bits per heavy atom. The minimum atomic E-state index is -0.704. The molecule has 4 heterocycles. The van der Waals surface area contributed by atoms with Gasteiger partial charge in [-0.15, -0.1) is 0 Å². The molecule has 1 saturated heterocycles. The van der Waals surface area contributed by atoms with Crippen molar-refractivity contribution in [2.75, 3.05) is 51.3 Å². The molecule has 238 valence electrons. The Kier molecular flexibility index (Phi) is 8.68. The highest BCUT2D eigenvalue weighted by Crippen LogP contribution is 2.36. The second-order valence-electron chi connectivity index (χ2n) is 13.9. The standard InChI is InChI=1S/C37H46N4O4/c1-37(18-33(42)21-39-14-12-26-6-2-4-8-29(26)19-39)17-28-10-11-31(38-32-24-45-25-32)16-35(28)36(44)41(37)23-34(43)22-40-15-13-27-7-3-5-9-30(27)20-40/h2-11,16,32-34,38,42-43H,12-15,17-25H2,1H3. The molecule has 45 heavy (non-hydrogen) atoms. The van der Waals surface area contributed by atoms with Crippen molar-refractivity contribution >= 4 is 11.6 Å². The normalized spacial score (nSPS) is 23.4. The largest absolute Gasteiger partial charge is 0.392 e. The molecule has 1 fully saturated rings. The number of aliphatic hydroxyl groups excluding tert-OH is 2. The molecule has 4 aliphatic heterocycles. The fourth-order valence-electron chi connectivity index (χ4n) is 7.81. The Hall–Kier alpha value is -3.27. The van der Waals surface area contributed by atoms with Gasteiger partial charge in [0.1, 0.15) is 0 Å². The van der Waals surface area contributed by atoms with Crippen molar-refractivity contribution in [3.63, 3.8) is 0 Å². The smallest absolute Gasteiger partial charge is 0.254 e. The SMILES string of the molecule is CC1(CC(O)CN2CCc3ccccc3C2)Cc2ccc(NC3COC3)cc2C(=O)N1CC(O)CN1CCc2ccccc2C1. The fraction of sp³-hybridized carbons (Fsp3) is 0.486. The first-order valence-corrected chi connectivity index (χ1v) is 16.6.